The highest BCUT2D eigenvalue weighted by atomic mass is 19.1. The number of nitrogens with zero attached hydrogens (tertiary/aromatic N) is 5. The molecule has 5 rings (SSSR count). The predicted molar refractivity (Wildman–Crippen MR) is 129 cm³/mol. The molecule has 1 saturated heterocycles. The molecule has 2 aromatic rings. The number of aromatic nitrogens is 4. The van der Waals surface area contributed by atoms with Gasteiger partial charge in [0.1, 0.15) is 6.17 Å². The van der Waals surface area contributed by atoms with E-state index in [9.17, 15) is 14.0 Å². The number of hydrogen-bond donors (Lipinski definition) is 3. The maximum absolute atomic E-state index is 13.2. The zero-order valence-corrected chi connectivity index (χ0v) is 20.0. The quantitative estimate of drug-likeness (QED) is 0.492. The van der Waals surface area contributed by atoms with Crippen LogP contribution in [-0.2, 0) is 0 Å². The van der Waals surface area contributed by atoms with E-state index in [1.165, 1.54) is 0 Å². The summed E-state index contributed by atoms with van der Waals surface area (Å²) in [7, 11) is 0. The summed E-state index contributed by atoms with van der Waals surface area (Å²) in [5.41, 5.74) is 12.3. The molecule has 0 radical (unpaired) electrons. The van der Waals surface area contributed by atoms with E-state index in [-0.39, 0.29) is 47.0 Å². The number of halogens is 1. The number of nitrogens with two attached hydrogens (primary N) is 2. The second-order valence-electron chi connectivity index (χ2n) is 9.89. The summed E-state index contributed by atoms with van der Waals surface area (Å²) in [6.07, 6.45) is 4.63. The Balaban J connectivity index is 1.29. The van der Waals surface area contributed by atoms with Gasteiger partial charge >= 0.3 is 6.01 Å². The van der Waals surface area contributed by atoms with Gasteiger partial charge in [-0.3, -0.25) is 9.59 Å². The van der Waals surface area contributed by atoms with Gasteiger partial charge in [-0.1, -0.05) is 0 Å². The number of nitrogens with one attached hydrogen (secondary N) is 1. The number of carbonyl (C=O) groups excluding carboxylic acids is 2. The van der Waals surface area contributed by atoms with Crippen LogP contribution in [0.25, 0.3) is 0 Å². The first-order valence-corrected chi connectivity index (χ1v) is 12.5. The van der Waals surface area contributed by atoms with Crippen LogP contribution in [-0.4, -0.2) is 63.7 Å². The second-order valence-corrected chi connectivity index (χ2v) is 9.89. The van der Waals surface area contributed by atoms with E-state index in [1.807, 2.05) is 11.0 Å². The Kier molecular flexibility index (Phi) is 6.84. The van der Waals surface area contributed by atoms with Crippen molar-refractivity contribution < 1.29 is 18.7 Å². The Bertz CT molecular complexity index is 1130. The molecule has 3 aliphatic rings. The third-order valence-corrected chi connectivity index (χ3v) is 7.25. The summed E-state index contributed by atoms with van der Waals surface area (Å²) in [5.74, 6) is -0.363. The number of carbonyl (C=O) groups is 2. The van der Waals surface area contributed by atoms with E-state index in [0.717, 1.165) is 37.8 Å². The predicted octanol–water partition coefficient (Wildman–Crippen LogP) is 1.74. The molecule has 0 atom stereocenters. The van der Waals surface area contributed by atoms with Crippen molar-refractivity contribution in [1.29, 1.82) is 0 Å². The van der Waals surface area contributed by atoms with Crippen LogP contribution in [0.2, 0.25) is 0 Å². The topological polar surface area (TPSA) is 162 Å². The number of nitrogen functional groups attached to an aromatic ring is 1. The van der Waals surface area contributed by atoms with Crippen molar-refractivity contribution in [1.82, 2.24) is 25.3 Å². The Hall–Kier alpha value is -3.57. The largest absolute Gasteiger partial charge is 0.463 e. The smallest absolute Gasteiger partial charge is 0.321 e. The Morgan fingerprint density at radius 2 is 1.83 bits per heavy atom. The fourth-order valence-corrected chi connectivity index (χ4v) is 4.72. The van der Waals surface area contributed by atoms with E-state index >= 15 is 0 Å². The van der Waals surface area contributed by atoms with Gasteiger partial charge in [-0.25, -0.2) is 9.37 Å². The number of amides is 2. The van der Waals surface area contributed by atoms with Crippen LogP contribution in [0.1, 0.15) is 77.7 Å². The third-order valence-electron chi connectivity index (χ3n) is 7.25. The van der Waals surface area contributed by atoms with Crippen molar-refractivity contribution >= 4 is 23.5 Å². The fraction of sp³-hybridized carbons (Fsp3) is 0.583. The molecule has 1 aliphatic heterocycles. The summed E-state index contributed by atoms with van der Waals surface area (Å²) >= 11 is 0. The highest BCUT2D eigenvalue weighted by Gasteiger charge is 2.31. The molecule has 0 unspecified atom stereocenters. The van der Waals surface area contributed by atoms with E-state index in [4.69, 9.17) is 16.2 Å². The minimum absolute atomic E-state index is 0.0207. The van der Waals surface area contributed by atoms with Crippen LogP contribution in [0.5, 0.6) is 6.01 Å². The van der Waals surface area contributed by atoms with Crippen LogP contribution in [0.15, 0.2) is 12.1 Å². The Labute approximate surface area is 208 Å². The molecule has 0 spiro atoms. The number of hydrogen-bond acceptors (Lipinski definition) is 9. The van der Waals surface area contributed by atoms with Gasteiger partial charge in [-0.15, -0.1) is 0 Å². The minimum atomic E-state index is -0.771. The first kappa shape index (κ1) is 24.1. The van der Waals surface area contributed by atoms with Crippen LogP contribution < -0.4 is 26.4 Å². The lowest BCUT2D eigenvalue weighted by Crippen LogP contribution is -2.41. The average molecular weight is 499 g/mol. The van der Waals surface area contributed by atoms with Gasteiger partial charge in [-0.05, 0) is 63.0 Å². The highest BCUT2D eigenvalue weighted by Crippen LogP contribution is 2.32. The number of alkyl halides is 1. The lowest BCUT2D eigenvalue weighted by Gasteiger charge is -2.32. The number of anilines is 2. The molecule has 0 aromatic carbocycles. The molecule has 36 heavy (non-hydrogen) atoms. The highest BCUT2D eigenvalue weighted by molar-refractivity contribution is 5.95. The maximum Gasteiger partial charge on any atom is 0.321 e. The zero-order chi connectivity index (χ0) is 25.2. The average Bonchev–Trinajstić information content (AvgIpc) is 2.83. The van der Waals surface area contributed by atoms with Crippen molar-refractivity contribution in [3.05, 3.63) is 29.3 Å². The van der Waals surface area contributed by atoms with E-state index < -0.39 is 12.1 Å². The monoisotopic (exact) mass is 498 g/mol. The third kappa shape index (κ3) is 5.31. The van der Waals surface area contributed by atoms with Gasteiger partial charge in [0, 0.05) is 30.7 Å². The van der Waals surface area contributed by atoms with Gasteiger partial charge in [-0.2, -0.15) is 15.0 Å². The summed E-state index contributed by atoms with van der Waals surface area (Å²) in [6, 6.07) is 3.70. The van der Waals surface area contributed by atoms with E-state index in [2.05, 4.69) is 25.3 Å². The van der Waals surface area contributed by atoms with Gasteiger partial charge in [0.2, 0.25) is 11.8 Å². The number of primary amides is 1. The lowest BCUT2D eigenvalue weighted by molar-refractivity contribution is 0.0813. The van der Waals surface area contributed by atoms with Crippen molar-refractivity contribution in [3.63, 3.8) is 0 Å². The standard InChI is InChI=1S/C24H31FN8O3/c25-15-10-13(11-15)12-36-24-31-21(22(35)28-16-2-1-3-16)30-23(32-24)33-8-6-14(7-9-33)18-5-4-17(26)19(29-18)20(27)34/h4-5,13-16H,1-3,6-12,26H2,(H2,27,34)(H,28,35). The van der Waals surface area contributed by atoms with Crippen molar-refractivity contribution in [2.45, 2.75) is 63.1 Å². The molecule has 2 amide bonds. The summed E-state index contributed by atoms with van der Waals surface area (Å²) < 4.78 is 18.9. The van der Waals surface area contributed by atoms with E-state index in [1.54, 1.807) is 6.07 Å². The SMILES string of the molecule is NC(=O)c1nc(C2CCN(c3nc(OCC4CC(F)C4)nc(C(=O)NC4CCC4)n3)CC2)ccc1N. The minimum Gasteiger partial charge on any atom is -0.463 e. The molecule has 2 aliphatic carbocycles. The molecular weight excluding hydrogens is 467 g/mol. The maximum atomic E-state index is 13.2. The molecule has 12 heteroatoms. The Morgan fingerprint density at radius 3 is 2.47 bits per heavy atom. The fourth-order valence-electron chi connectivity index (χ4n) is 4.72. The molecule has 2 aromatic heterocycles. The Morgan fingerprint density at radius 1 is 1.08 bits per heavy atom. The zero-order valence-electron chi connectivity index (χ0n) is 20.0. The molecule has 3 fully saturated rings. The van der Waals surface area contributed by atoms with Crippen molar-refractivity contribution in [2.24, 2.45) is 11.7 Å². The molecule has 192 valence electrons. The van der Waals surface area contributed by atoms with Crippen molar-refractivity contribution in [2.75, 3.05) is 30.3 Å². The van der Waals surface area contributed by atoms with Crippen LogP contribution >= 0.6 is 0 Å². The molecule has 11 nitrogen and oxygen atoms in total. The van der Waals surface area contributed by atoms with Crippen LogP contribution in [0.3, 0.4) is 0 Å². The second kappa shape index (κ2) is 10.2. The van der Waals surface area contributed by atoms with E-state index in [0.29, 0.717) is 38.5 Å². The van der Waals surface area contributed by atoms with Crippen LogP contribution in [0.4, 0.5) is 16.0 Å². The van der Waals surface area contributed by atoms with Crippen LogP contribution in [0, 0.1) is 5.92 Å². The number of pyridine rings is 1. The lowest BCUT2D eigenvalue weighted by atomic mass is 9.84. The number of rotatable bonds is 8. The molecular formula is C24H31FN8O3. The van der Waals surface area contributed by atoms with Gasteiger partial charge in [0.25, 0.3) is 11.8 Å². The van der Waals surface area contributed by atoms with Crippen molar-refractivity contribution in [3.8, 4) is 6.01 Å². The van der Waals surface area contributed by atoms with Gasteiger partial charge in [0.05, 0.1) is 12.3 Å². The summed E-state index contributed by atoms with van der Waals surface area (Å²) in [5, 5.41) is 2.96. The first-order valence-electron chi connectivity index (χ1n) is 12.5. The molecule has 5 N–H and O–H groups in total. The summed E-state index contributed by atoms with van der Waals surface area (Å²) in [4.78, 5) is 43.9. The number of ether oxygens (including phenoxy) is 1. The molecule has 2 saturated carbocycles. The van der Waals surface area contributed by atoms with Gasteiger partial charge in [0.15, 0.2) is 5.69 Å². The normalized spacial score (nSPS) is 22.4. The number of piperidine rings is 1. The summed E-state index contributed by atoms with van der Waals surface area (Å²) in [6.45, 7) is 1.53. The first-order chi connectivity index (χ1) is 17.4. The molecule has 0 bridgehead atoms. The molecule has 3 heterocycles. The van der Waals surface area contributed by atoms with Gasteiger partial charge < -0.3 is 26.4 Å².